The third kappa shape index (κ3) is 6.99. The molecular weight excluding hydrogens is 548 g/mol. The Bertz CT molecular complexity index is 1540. The maximum Gasteiger partial charge on any atom is 0.434 e. The van der Waals surface area contributed by atoms with Crippen LogP contribution in [0.4, 0.5) is 22.4 Å². The number of hydrogen-bond donors (Lipinski definition) is 2. The summed E-state index contributed by atoms with van der Waals surface area (Å²) in [7, 11) is 1.29. The van der Waals surface area contributed by atoms with Crippen LogP contribution in [0.5, 0.6) is 5.75 Å². The maximum atomic E-state index is 14.9. The van der Waals surface area contributed by atoms with Gasteiger partial charge in [0.15, 0.2) is 23.1 Å². The molecule has 1 amide bonds. The monoisotopic (exact) mass is 572 g/mol. The number of carboxylic acids is 1. The van der Waals surface area contributed by atoms with E-state index in [0.717, 1.165) is 11.1 Å². The number of rotatable bonds is 10. The Hall–Kier alpha value is -4.94. The Morgan fingerprint density at radius 2 is 1.73 bits per heavy atom. The van der Waals surface area contributed by atoms with Crippen molar-refractivity contribution in [2.75, 3.05) is 13.7 Å². The van der Waals surface area contributed by atoms with Crippen molar-refractivity contribution < 1.29 is 41.7 Å². The minimum atomic E-state index is -5.02. The molecule has 9 nitrogen and oxygen atoms in total. The first-order valence-electron chi connectivity index (χ1n) is 12.3. The second-order valence-corrected chi connectivity index (χ2v) is 8.75. The maximum absolute atomic E-state index is 14.9. The molecule has 0 bridgehead atoms. The Kier molecular flexibility index (Phi) is 8.85. The molecule has 0 spiro atoms. The van der Waals surface area contributed by atoms with Crippen LogP contribution in [0.2, 0.25) is 0 Å². The van der Waals surface area contributed by atoms with Gasteiger partial charge in [-0.25, -0.2) is 23.6 Å². The average molecular weight is 573 g/mol. The van der Waals surface area contributed by atoms with Crippen LogP contribution in [-0.2, 0) is 23.9 Å². The highest BCUT2D eigenvalue weighted by Crippen LogP contribution is 2.35. The van der Waals surface area contributed by atoms with Crippen molar-refractivity contribution in [3.05, 3.63) is 95.1 Å². The van der Waals surface area contributed by atoms with Crippen LogP contribution in [0.1, 0.15) is 33.6 Å². The SMILES string of the molecule is COC(=O)NCCCc1ccc(COc2c(F)cccc2-c2cccc(-n3ncc(C(=O)O)c3C(F)(F)F)n2)cc1. The third-order valence-corrected chi connectivity index (χ3v) is 5.97. The number of hydrogen-bond acceptors (Lipinski definition) is 6. The van der Waals surface area contributed by atoms with Crippen molar-refractivity contribution in [2.24, 2.45) is 0 Å². The molecule has 0 atom stereocenters. The van der Waals surface area contributed by atoms with E-state index in [0.29, 0.717) is 30.3 Å². The standard InChI is InChI=1S/C28H24F4N4O5/c1-40-27(39)33-14-4-5-17-10-12-18(13-11-17)16-41-24-19(6-2-7-21(24)29)22-8-3-9-23(35-22)36-25(28(30,31)32)20(15-34-36)26(37)38/h2-3,6-13,15H,4-5,14,16H2,1H3,(H,33,39)(H,37,38). The molecule has 41 heavy (non-hydrogen) atoms. The first kappa shape index (κ1) is 29.1. The zero-order valence-corrected chi connectivity index (χ0v) is 21.6. The zero-order chi connectivity index (χ0) is 29.6. The molecule has 0 radical (unpaired) electrons. The van der Waals surface area contributed by atoms with Gasteiger partial charge in [0, 0.05) is 12.1 Å². The van der Waals surface area contributed by atoms with Gasteiger partial charge in [-0.2, -0.15) is 18.3 Å². The van der Waals surface area contributed by atoms with Crippen molar-refractivity contribution in [1.29, 1.82) is 0 Å². The number of carbonyl (C=O) groups excluding carboxylic acids is 1. The number of carbonyl (C=O) groups is 2. The number of aryl methyl sites for hydroxylation is 1. The highest BCUT2D eigenvalue weighted by molar-refractivity contribution is 5.89. The van der Waals surface area contributed by atoms with Gasteiger partial charge in [-0.3, -0.25) is 0 Å². The molecule has 214 valence electrons. The molecule has 0 aliphatic rings. The Labute approximate surface area is 231 Å². The molecule has 2 heterocycles. The molecule has 13 heteroatoms. The normalized spacial score (nSPS) is 11.2. The lowest BCUT2D eigenvalue weighted by atomic mass is 10.1. The number of alkyl carbamates (subject to hydrolysis) is 1. The lowest BCUT2D eigenvalue weighted by Crippen LogP contribution is -2.24. The molecule has 0 unspecified atom stereocenters. The van der Waals surface area contributed by atoms with Gasteiger partial charge in [-0.1, -0.05) is 36.4 Å². The lowest BCUT2D eigenvalue weighted by molar-refractivity contribution is -0.143. The summed E-state index contributed by atoms with van der Waals surface area (Å²) in [5.41, 5.74) is -0.480. The summed E-state index contributed by atoms with van der Waals surface area (Å²) in [4.78, 5) is 26.6. The van der Waals surface area contributed by atoms with Crippen molar-refractivity contribution in [3.8, 4) is 22.8 Å². The molecule has 0 fully saturated rings. The van der Waals surface area contributed by atoms with Crippen LogP contribution in [0, 0.1) is 5.82 Å². The fourth-order valence-electron chi connectivity index (χ4n) is 4.01. The van der Waals surface area contributed by atoms with Gasteiger partial charge in [0.05, 0.1) is 19.0 Å². The summed E-state index contributed by atoms with van der Waals surface area (Å²) < 4.78 is 66.6. The molecule has 4 aromatic rings. The van der Waals surface area contributed by atoms with Crippen LogP contribution < -0.4 is 10.1 Å². The van der Waals surface area contributed by atoms with Crippen molar-refractivity contribution in [3.63, 3.8) is 0 Å². The topological polar surface area (TPSA) is 116 Å². The Morgan fingerprint density at radius 1 is 1.02 bits per heavy atom. The Morgan fingerprint density at radius 3 is 2.41 bits per heavy atom. The number of para-hydroxylation sites is 1. The van der Waals surface area contributed by atoms with Crippen molar-refractivity contribution >= 4 is 12.1 Å². The highest BCUT2D eigenvalue weighted by Gasteiger charge is 2.41. The summed E-state index contributed by atoms with van der Waals surface area (Å²) >= 11 is 0. The zero-order valence-electron chi connectivity index (χ0n) is 21.6. The minimum absolute atomic E-state index is 0.00283. The molecule has 2 N–H and O–H groups in total. The van der Waals surface area contributed by atoms with Crippen molar-refractivity contribution in [2.45, 2.75) is 25.6 Å². The second kappa shape index (κ2) is 12.5. The summed E-state index contributed by atoms with van der Waals surface area (Å²) in [6.07, 6.45) is -3.50. The molecule has 4 rings (SSSR count). The van der Waals surface area contributed by atoms with Gasteiger partial charge in [-0.05, 0) is 48.2 Å². The van der Waals surface area contributed by atoms with Gasteiger partial charge >= 0.3 is 18.2 Å². The van der Waals surface area contributed by atoms with E-state index in [2.05, 4.69) is 20.1 Å². The number of halogens is 4. The number of carboxylic acid groups (broad SMARTS) is 1. The number of nitrogens with zero attached hydrogens (tertiary/aromatic N) is 3. The van der Waals surface area contributed by atoms with Gasteiger partial charge < -0.3 is 19.9 Å². The molecular formula is C28H24F4N4O5. The fraction of sp³-hybridized carbons (Fsp3) is 0.214. The van der Waals surface area contributed by atoms with Crippen LogP contribution in [0.15, 0.2) is 66.9 Å². The van der Waals surface area contributed by atoms with E-state index in [-0.39, 0.29) is 29.4 Å². The van der Waals surface area contributed by atoms with E-state index in [4.69, 9.17) is 4.74 Å². The smallest absolute Gasteiger partial charge is 0.434 e. The molecule has 0 saturated carbocycles. The van der Waals surface area contributed by atoms with Gasteiger partial charge in [0.1, 0.15) is 12.2 Å². The van der Waals surface area contributed by atoms with Crippen LogP contribution >= 0.6 is 0 Å². The quantitative estimate of drug-likeness (QED) is 0.186. The van der Waals surface area contributed by atoms with Crippen LogP contribution in [0.3, 0.4) is 0 Å². The van der Waals surface area contributed by atoms with E-state index < -0.39 is 35.3 Å². The largest absolute Gasteiger partial charge is 0.485 e. The Balaban J connectivity index is 1.53. The fourth-order valence-corrected chi connectivity index (χ4v) is 4.01. The van der Waals surface area contributed by atoms with Crippen LogP contribution in [0.25, 0.3) is 17.1 Å². The number of methoxy groups -OCH3 is 1. The molecule has 0 aliphatic carbocycles. The number of alkyl halides is 3. The van der Waals surface area contributed by atoms with Gasteiger partial charge in [0.2, 0.25) is 0 Å². The number of aromatic nitrogens is 3. The number of benzene rings is 2. The molecule has 2 aromatic heterocycles. The van der Waals surface area contributed by atoms with E-state index in [9.17, 15) is 32.3 Å². The van der Waals surface area contributed by atoms with E-state index in [1.807, 2.05) is 24.3 Å². The highest BCUT2D eigenvalue weighted by atomic mass is 19.4. The van der Waals surface area contributed by atoms with Gasteiger partial charge in [-0.15, -0.1) is 0 Å². The molecule has 0 aliphatic heterocycles. The predicted octanol–water partition coefficient (Wildman–Crippen LogP) is 5.66. The number of aromatic carboxylic acids is 1. The van der Waals surface area contributed by atoms with Crippen LogP contribution in [-0.4, -0.2) is 45.6 Å². The first-order valence-corrected chi connectivity index (χ1v) is 12.3. The molecule has 2 aromatic carbocycles. The number of pyridine rings is 1. The summed E-state index contributed by atoms with van der Waals surface area (Å²) in [6.45, 7) is 0.457. The number of nitrogens with one attached hydrogen (secondary N) is 1. The predicted molar refractivity (Wildman–Crippen MR) is 138 cm³/mol. The molecule has 0 saturated heterocycles. The minimum Gasteiger partial charge on any atom is -0.485 e. The lowest BCUT2D eigenvalue weighted by Gasteiger charge is -2.14. The third-order valence-electron chi connectivity index (χ3n) is 5.97. The van der Waals surface area contributed by atoms with E-state index in [1.54, 1.807) is 0 Å². The average Bonchev–Trinajstić information content (AvgIpc) is 3.42. The summed E-state index contributed by atoms with van der Waals surface area (Å²) in [5, 5.41) is 15.4. The first-order chi connectivity index (χ1) is 19.6. The van der Waals surface area contributed by atoms with E-state index >= 15 is 0 Å². The number of ether oxygens (including phenoxy) is 2. The second-order valence-electron chi connectivity index (χ2n) is 8.75. The van der Waals surface area contributed by atoms with Gasteiger partial charge in [0.25, 0.3) is 0 Å². The van der Waals surface area contributed by atoms with Crippen molar-refractivity contribution in [1.82, 2.24) is 20.1 Å². The summed E-state index contributed by atoms with van der Waals surface area (Å²) in [6, 6.07) is 15.6. The summed E-state index contributed by atoms with van der Waals surface area (Å²) in [5.74, 6) is -2.95. The number of amides is 1. The van der Waals surface area contributed by atoms with E-state index in [1.165, 1.54) is 43.5 Å².